The lowest BCUT2D eigenvalue weighted by molar-refractivity contribution is 0.101. The first-order chi connectivity index (χ1) is 9.97. The minimum Gasteiger partial charge on any atom is -0.319 e. The molecule has 0 aliphatic carbocycles. The second kappa shape index (κ2) is 6.52. The molecule has 0 fully saturated rings. The Morgan fingerprint density at radius 2 is 2.05 bits per heavy atom. The van der Waals surface area contributed by atoms with E-state index in [4.69, 9.17) is 0 Å². The number of hydrogen-bond donors (Lipinski definition) is 1. The van der Waals surface area contributed by atoms with Gasteiger partial charge in [0.15, 0.2) is 0 Å². The summed E-state index contributed by atoms with van der Waals surface area (Å²) < 4.78 is 1.74. The fraction of sp³-hybridized carbons (Fsp3) is 0.438. The number of nitrogens with one attached hydrogen (secondary N) is 1. The highest BCUT2D eigenvalue weighted by molar-refractivity contribution is 6.02. The maximum atomic E-state index is 12.4. The number of hydrogen-bond acceptors (Lipinski definition) is 3. The molecule has 1 amide bonds. The molecule has 0 aliphatic rings. The molecule has 0 aliphatic heterocycles. The van der Waals surface area contributed by atoms with Gasteiger partial charge in [-0.25, -0.2) is 0 Å². The summed E-state index contributed by atoms with van der Waals surface area (Å²) in [4.78, 5) is 16.5. The Kier molecular flexibility index (Phi) is 4.73. The number of anilines is 1. The summed E-state index contributed by atoms with van der Waals surface area (Å²) in [6.45, 7) is 9.11. The smallest absolute Gasteiger partial charge is 0.273 e. The van der Waals surface area contributed by atoms with Crippen molar-refractivity contribution in [3.05, 3.63) is 42.0 Å². The SMILES string of the molecule is CC(C)Cn1nccc1C(=O)Nc1cncc(C(C)C)c1. The van der Waals surface area contributed by atoms with Crippen LogP contribution in [0.3, 0.4) is 0 Å². The van der Waals surface area contributed by atoms with Gasteiger partial charge in [-0.05, 0) is 29.5 Å². The molecule has 2 heterocycles. The van der Waals surface area contributed by atoms with Crippen molar-refractivity contribution < 1.29 is 4.79 Å². The Balaban J connectivity index is 2.15. The second-order valence-electron chi connectivity index (χ2n) is 5.91. The Hall–Kier alpha value is -2.17. The van der Waals surface area contributed by atoms with Gasteiger partial charge in [-0.1, -0.05) is 27.7 Å². The van der Waals surface area contributed by atoms with Gasteiger partial charge in [-0.2, -0.15) is 5.10 Å². The van der Waals surface area contributed by atoms with E-state index < -0.39 is 0 Å². The molecule has 112 valence electrons. The summed E-state index contributed by atoms with van der Waals surface area (Å²) in [7, 11) is 0. The van der Waals surface area contributed by atoms with E-state index >= 15 is 0 Å². The molecule has 0 radical (unpaired) electrons. The van der Waals surface area contributed by atoms with Gasteiger partial charge >= 0.3 is 0 Å². The van der Waals surface area contributed by atoms with E-state index in [2.05, 4.69) is 43.1 Å². The highest BCUT2D eigenvalue weighted by Gasteiger charge is 2.13. The van der Waals surface area contributed by atoms with E-state index in [0.717, 1.165) is 12.1 Å². The van der Waals surface area contributed by atoms with Crippen molar-refractivity contribution in [1.82, 2.24) is 14.8 Å². The minimum absolute atomic E-state index is 0.157. The first-order valence-electron chi connectivity index (χ1n) is 7.25. The quantitative estimate of drug-likeness (QED) is 0.917. The van der Waals surface area contributed by atoms with Gasteiger partial charge in [0, 0.05) is 18.9 Å². The van der Waals surface area contributed by atoms with Crippen LogP contribution in [0.2, 0.25) is 0 Å². The first kappa shape index (κ1) is 15.2. The van der Waals surface area contributed by atoms with Crippen molar-refractivity contribution >= 4 is 11.6 Å². The molecule has 0 spiro atoms. The maximum Gasteiger partial charge on any atom is 0.273 e. The van der Waals surface area contributed by atoms with Gasteiger partial charge in [0.1, 0.15) is 5.69 Å². The van der Waals surface area contributed by atoms with Crippen LogP contribution in [0.4, 0.5) is 5.69 Å². The number of carbonyl (C=O) groups is 1. The minimum atomic E-state index is -0.157. The third kappa shape index (κ3) is 3.90. The van der Waals surface area contributed by atoms with Gasteiger partial charge in [-0.3, -0.25) is 14.5 Å². The molecule has 2 aromatic heterocycles. The Morgan fingerprint density at radius 3 is 2.71 bits per heavy atom. The molecule has 0 bridgehead atoms. The number of nitrogens with zero attached hydrogens (tertiary/aromatic N) is 3. The summed E-state index contributed by atoms with van der Waals surface area (Å²) >= 11 is 0. The van der Waals surface area contributed by atoms with Crippen LogP contribution in [0.5, 0.6) is 0 Å². The molecule has 0 unspecified atom stereocenters. The summed E-state index contributed by atoms with van der Waals surface area (Å²) in [5, 5.41) is 7.10. The normalized spacial score (nSPS) is 11.1. The second-order valence-corrected chi connectivity index (χ2v) is 5.91. The molecule has 21 heavy (non-hydrogen) atoms. The molecule has 0 saturated heterocycles. The molecule has 5 heteroatoms. The van der Waals surface area contributed by atoms with E-state index in [0.29, 0.717) is 23.2 Å². The first-order valence-corrected chi connectivity index (χ1v) is 7.25. The summed E-state index contributed by atoms with van der Waals surface area (Å²) in [5.41, 5.74) is 2.38. The topological polar surface area (TPSA) is 59.8 Å². The van der Waals surface area contributed by atoms with E-state index in [1.807, 2.05) is 12.3 Å². The third-order valence-corrected chi connectivity index (χ3v) is 3.17. The van der Waals surface area contributed by atoms with Gasteiger partial charge in [-0.15, -0.1) is 0 Å². The molecular formula is C16H22N4O. The van der Waals surface area contributed by atoms with E-state index in [9.17, 15) is 4.79 Å². The van der Waals surface area contributed by atoms with E-state index in [1.54, 1.807) is 23.1 Å². The zero-order valence-electron chi connectivity index (χ0n) is 13.0. The van der Waals surface area contributed by atoms with E-state index in [1.165, 1.54) is 0 Å². The molecule has 2 rings (SSSR count). The van der Waals surface area contributed by atoms with Crippen LogP contribution in [0.1, 0.15) is 49.7 Å². The van der Waals surface area contributed by atoms with Gasteiger partial charge < -0.3 is 5.32 Å². The predicted octanol–water partition coefficient (Wildman–Crippen LogP) is 3.31. The Labute approximate surface area is 125 Å². The zero-order chi connectivity index (χ0) is 15.4. The highest BCUT2D eigenvalue weighted by atomic mass is 16.2. The number of pyridine rings is 1. The van der Waals surface area contributed by atoms with Crippen LogP contribution in [0.15, 0.2) is 30.7 Å². The van der Waals surface area contributed by atoms with Crippen molar-refractivity contribution in [2.24, 2.45) is 5.92 Å². The summed E-state index contributed by atoms with van der Waals surface area (Å²) in [6.07, 6.45) is 5.14. The van der Waals surface area contributed by atoms with Crippen LogP contribution in [0.25, 0.3) is 0 Å². The van der Waals surface area contributed by atoms with Crippen molar-refractivity contribution in [2.45, 2.75) is 40.2 Å². The maximum absolute atomic E-state index is 12.4. The van der Waals surface area contributed by atoms with Crippen molar-refractivity contribution in [3.63, 3.8) is 0 Å². The lowest BCUT2D eigenvalue weighted by atomic mass is 10.1. The van der Waals surface area contributed by atoms with Gasteiger partial charge in [0.25, 0.3) is 5.91 Å². The predicted molar refractivity (Wildman–Crippen MR) is 83.3 cm³/mol. The van der Waals surface area contributed by atoms with Crippen molar-refractivity contribution in [1.29, 1.82) is 0 Å². The average molecular weight is 286 g/mol. The number of rotatable bonds is 5. The van der Waals surface area contributed by atoms with Crippen molar-refractivity contribution in [2.75, 3.05) is 5.32 Å². The average Bonchev–Trinajstić information content (AvgIpc) is 2.86. The van der Waals surface area contributed by atoms with E-state index in [-0.39, 0.29) is 5.91 Å². The molecule has 0 aromatic carbocycles. The van der Waals surface area contributed by atoms with Crippen LogP contribution in [0, 0.1) is 5.92 Å². The lowest BCUT2D eigenvalue weighted by Gasteiger charge is -2.11. The van der Waals surface area contributed by atoms with Crippen LogP contribution < -0.4 is 5.32 Å². The lowest BCUT2D eigenvalue weighted by Crippen LogP contribution is -2.19. The molecular weight excluding hydrogens is 264 g/mol. The number of carbonyl (C=O) groups excluding carboxylic acids is 1. The largest absolute Gasteiger partial charge is 0.319 e. The molecule has 5 nitrogen and oxygen atoms in total. The van der Waals surface area contributed by atoms with Crippen LogP contribution in [-0.4, -0.2) is 20.7 Å². The fourth-order valence-electron chi connectivity index (χ4n) is 2.05. The molecule has 2 aromatic rings. The summed E-state index contributed by atoms with van der Waals surface area (Å²) in [5.74, 6) is 0.652. The summed E-state index contributed by atoms with van der Waals surface area (Å²) in [6, 6.07) is 3.69. The number of aromatic nitrogens is 3. The third-order valence-electron chi connectivity index (χ3n) is 3.17. The van der Waals surface area contributed by atoms with Crippen LogP contribution in [-0.2, 0) is 6.54 Å². The zero-order valence-corrected chi connectivity index (χ0v) is 13.0. The monoisotopic (exact) mass is 286 g/mol. The molecule has 0 saturated carbocycles. The fourth-order valence-corrected chi connectivity index (χ4v) is 2.05. The van der Waals surface area contributed by atoms with Gasteiger partial charge in [0.2, 0.25) is 0 Å². The Bertz CT molecular complexity index is 616. The van der Waals surface area contributed by atoms with Crippen LogP contribution >= 0.6 is 0 Å². The Morgan fingerprint density at radius 1 is 1.29 bits per heavy atom. The molecule has 1 N–H and O–H groups in total. The number of amides is 1. The standard InChI is InChI=1S/C16H22N4O/c1-11(2)10-20-15(5-6-18-20)16(21)19-14-7-13(12(3)4)8-17-9-14/h5-9,11-12H,10H2,1-4H3,(H,19,21). The molecule has 0 atom stereocenters. The highest BCUT2D eigenvalue weighted by Crippen LogP contribution is 2.17. The van der Waals surface area contributed by atoms with Gasteiger partial charge in [0.05, 0.1) is 11.9 Å². The van der Waals surface area contributed by atoms with Crippen molar-refractivity contribution in [3.8, 4) is 0 Å².